The second-order valence-electron chi connectivity index (χ2n) is 3.92. The minimum atomic E-state index is 0.744. The standard InChI is InChI=1S/C14H10BrN3OS/c15-13-17-18-14(20-13)16-10-6-8-12(9-7-10)19-11-4-2-1-3-5-11/h1-9H,(H,16,18). The van der Waals surface area contributed by atoms with Gasteiger partial charge in [-0.15, -0.1) is 10.2 Å². The summed E-state index contributed by atoms with van der Waals surface area (Å²) >= 11 is 4.72. The van der Waals surface area contributed by atoms with Gasteiger partial charge in [-0.25, -0.2) is 0 Å². The van der Waals surface area contributed by atoms with E-state index in [1.165, 1.54) is 11.3 Å². The van der Waals surface area contributed by atoms with Crippen molar-refractivity contribution in [2.75, 3.05) is 5.32 Å². The summed E-state index contributed by atoms with van der Waals surface area (Å²) in [4.78, 5) is 0. The molecule has 0 amide bonds. The van der Waals surface area contributed by atoms with Crippen LogP contribution in [0.15, 0.2) is 58.5 Å². The van der Waals surface area contributed by atoms with Gasteiger partial charge in [0.15, 0.2) is 3.92 Å². The van der Waals surface area contributed by atoms with Crippen molar-refractivity contribution < 1.29 is 4.74 Å². The molecule has 0 bridgehead atoms. The largest absolute Gasteiger partial charge is 0.457 e. The van der Waals surface area contributed by atoms with E-state index < -0.39 is 0 Å². The third-order valence-electron chi connectivity index (χ3n) is 2.48. The molecular weight excluding hydrogens is 338 g/mol. The van der Waals surface area contributed by atoms with Crippen molar-refractivity contribution in [3.05, 3.63) is 58.5 Å². The second-order valence-corrected chi connectivity index (χ2v) is 6.18. The van der Waals surface area contributed by atoms with Gasteiger partial charge in [0.25, 0.3) is 0 Å². The Kier molecular flexibility index (Phi) is 3.94. The lowest BCUT2D eigenvalue weighted by molar-refractivity contribution is 0.483. The predicted octanol–water partition coefficient (Wildman–Crippen LogP) is 4.84. The van der Waals surface area contributed by atoms with Gasteiger partial charge in [-0.05, 0) is 52.3 Å². The minimum Gasteiger partial charge on any atom is -0.457 e. The maximum Gasteiger partial charge on any atom is 0.210 e. The number of nitrogens with zero attached hydrogens (tertiary/aromatic N) is 2. The molecule has 0 aliphatic heterocycles. The van der Waals surface area contributed by atoms with E-state index in [1.54, 1.807) is 0 Å². The molecule has 100 valence electrons. The average molecular weight is 348 g/mol. The van der Waals surface area contributed by atoms with E-state index in [-0.39, 0.29) is 0 Å². The Labute approximate surface area is 128 Å². The Balaban J connectivity index is 1.68. The summed E-state index contributed by atoms with van der Waals surface area (Å²) in [5, 5.41) is 11.8. The van der Waals surface area contributed by atoms with Gasteiger partial charge in [0.05, 0.1) is 0 Å². The molecule has 20 heavy (non-hydrogen) atoms. The minimum absolute atomic E-state index is 0.744. The number of rotatable bonds is 4. The molecule has 1 N–H and O–H groups in total. The fraction of sp³-hybridized carbons (Fsp3) is 0. The molecule has 0 radical (unpaired) electrons. The molecule has 0 aliphatic carbocycles. The number of para-hydroxylation sites is 1. The molecule has 6 heteroatoms. The highest BCUT2D eigenvalue weighted by atomic mass is 79.9. The molecule has 1 aromatic heterocycles. The van der Waals surface area contributed by atoms with Gasteiger partial charge in [-0.1, -0.05) is 29.5 Å². The Morgan fingerprint density at radius 3 is 2.25 bits per heavy atom. The van der Waals surface area contributed by atoms with E-state index in [0.717, 1.165) is 26.2 Å². The molecule has 3 rings (SSSR count). The van der Waals surface area contributed by atoms with Crippen molar-refractivity contribution in [3.8, 4) is 11.5 Å². The van der Waals surface area contributed by atoms with Gasteiger partial charge < -0.3 is 10.1 Å². The highest BCUT2D eigenvalue weighted by molar-refractivity contribution is 9.11. The fourth-order valence-electron chi connectivity index (χ4n) is 1.61. The lowest BCUT2D eigenvalue weighted by Crippen LogP contribution is -1.90. The average Bonchev–Trinajstić information content (AvgIpc) is 2.88. The fourth-order valence-corrected chi connectivity index (χ4v) is 2.64. The molecule has 0 aliphatic rings. The van der Waals surface area contributed by atoms with Crippen LogP contribution in [-0.4, -0.2) is 10.2 Å². The second kappa shape index (κ2) is 6.02. The third kappa shape index (κ3) is 3.34. The topological polar surface area (TPSA) is 47.0 Å². The van der Waals surface area contributed by atoms with Crippen LogP contribution < -0.4 is 10.1 Å². The first-order chi connectivity index (χ1) is 9.79. The lowest BCUT2D eigenvalue weighted by atomic mass is 10.3. The number of ether oxygens (including phenoxy) is 1. The summed E-state index contributed by atoms with van der Waals surface area (Å²) < 4.78 is 6.48. The maximum absolute atomic E-state index is 5.73. The Morgan fingerprint density at radius 2 is 1.60 bits per heavy atom. The first-order valence-corrected chi connectivity index (χ1v) is 7.49. The monoisotopic (exact) mass is 347 g/mol. The van der Waals surface area contributed by atoms with E-state index >= 15 is 0 Å². The molecule has 0 saturated carbocycles. The molecule has 2 aromatic carbocycles. The zero-order valence-electron chi connectivity index (χ0n) is 10.3. The summed E-state index contributed by atoms with van der Waals surface area (Å²) in [7, 11) is 0. The van der Waals surface area contributed by atoms with Crippen molar-refractivity contribution in [2.45, 2.75) is 0 Å². The van der Waals surface area contributed by atoms with E-state index in [2.05, 4.69) is 31.4 Å². The van der Waals surface area contributed by atoms with Crippen LogP contribution in [0.2, 0.25) is 0 Å². The highest BCUT2D eigenvalue weighted by Crippen LogP contribution is 2.26. The van der Waals surface area contributed by atoms with Gasteiger partial charge in [0, 0.05) is 5.69 Å². The molecule has 1 heterocycles. The van der Waals surface area contributed by atoms with Gasteiger partial charge in [-0.2, -0.15) is 0 Å². The number of benzene rings is 2. The van der Waals surface area contributed by atoms with Crippen molar-refractivity contribution >= 4 is 38.1 Å². The van der Waals surface area contributed by atoms with Crippen LogP contribution in [0.5, 0.6) is 11.5 Å². The van der Waals surface area contributed by atoms with Crippen molar-refractivity contribution in [2.24, 2.45) is 0 Å². The number of anilines is 2. The zero-order chi connectivity index (χ0) is 13.8. The first kappa shape index (κ1) is 13.1. The SMILES string of the molecule is Brc1nnc(Nc2ccc(Oc3ccccc3)cc2)s1. The molecule has 0 spiro atoms. The van der Waals surface area contributed by atoms with E-state index in [1.807, 2.05) is 54.6 Å². The lowest BCUT2D eigenvalue weighted by Gasteiger charge is -2.06. The number of hydrogen-bond acceptors (Lipinski definition) is 5. The van der Waals surface area contributed by atoms with Crippen LogP contribution in [0.1, 0.15) is 0 Å². The van der Waals surface area contributed by atoms with Gasteiger partial charge in [0.1, 0.15) is 11.5 Å². The number of aromatic nitrogens is 2. The summed E-state index contributed by atoms with van der Waals surface area (Å²) in [5.41, 5.74) is 0.939. The van der Waals surface area contributed by atoms with Crippen LogP contribution in [-0.2, 0) is 0 Å². The van der Waals surface area contributed by atoms with E-state index in [0.29, 0.717) is 0 Å². The van der Waals surface area contributed by atoms with Crippen molar-refractivity contribution in [3.63, 3.8) is 0 Å². The summed E-state index contributed by atoms with van der Waals surface area (Å²) in [6.07, 6.45) is 0. The number of halogens is 1. The summed E-state index contributed by atoms with van der Waals surface area (Å²) in [6, 6.07) is 17.4. The van der Waals surface area contributed by atoms with E-state index in [4.69, 9.17) is 4.74 Å². The Morgan fingerprint density at radius 1 is 0.900 bits per heavy atom. The van der Waals surface area contributed by atoms with Gasteiger partial charge >= 0.3 is 0 Å². The quantitative estimate of drug-likeness (QED) is 0.733. The maximum atomic E-state index is 5.73. The first-order valence-electron chi connectivity index (χ1n) is 5.88. The molecule has 0 atom stereocenters. The van der Waals surface area contributed by atoms with Crippen LogP contribution >= 0.6 is 27.3 Å². The van der Waals surface area contributed by atoms with Crippen LogP contribution in [0, 0.1) is 0 Å². The summed E-state index contributed by atoms with van der Waals surface area (Å²) in [6.45, 7) is 0. The third-order valence-corrected chi connectivity index (χ3v) is 3.76. The van der Waals surface area contributed by atoms with Crippen LogP contribution in [0.3, 0.4) is 0 Å². The predicted molar refractivity (Wildman–Crippen MR) is 83.8 cm³/mol. The van der Waals surface area contributed by atoms with Crippen LogP contribution in [0.4, 0.5) is 10.8 Å². The van der Waals surface area contributed by atoms with Gasteiger partial charge in [-0.3, -0.25) is 0 Å². The Bertz CT molecular complexity index is 685. The van der Waals surface area contributed by atoms with Crippen molar-refractivity contribution in [1.29, 1.82) is 0 Å². The van der Waals surface area contributed by atoms with Gasteiger partial charge in [0.2, 0.25) is 5.13 Å². The highest BCUT2D eigenvalue weighted by Gasteiger charge is 2.02. The normalized spacial score (nSPS) is 10.2. The summed E-state index contributed by atoms with van der Waals surface area (Å²) in [5.74, 6) is 1.61. The zero-order valence-corrected chi connectivity index (χ0v) is 12.7. The van der Waals surface area contributed by atoms with Crippen LogP contribution in [0.25, 0.3) is 0 Å². The smallest absolute Gasteiger partial charge is 0.210 e. The molecule has 0 saturated heterocycles. The Hall–Kier alpha value is -1.92. The van der Waals surface area contributed by atoms with E-state index in [9.17, 15) is 0 Å². The van der Waals surface area contributed by atoms with Crippen molar-refractivity contribution in [1.82, 2.24) is 10.2 Å². The molecule has 0 unspecified atom stereocenters. The molecule has 3 aromatic rings. The molecule has 4 nitrogen and oxygen atoms in total. The molecule has 0 fully saturated rings. The number of hydrogen-bond donors (Lipinski definition) is 1. The number of nitrogens with one attached hydrogen (secondary N) is 1. The molecular formula is C14H10BrN3OS.